The van der Waals surface area contributed by atoms with E-state index in [4.69, 9.17) is 13.9 Å². The number of aromatic amines is 1. The minimum absolute atomic E-state index is 0.125. The lowest BCUT2D eigenvalue weighted by Crippen LogP contribution is -2.35. The SMILES string of the molecule is CC(C)[C@@H](c1nnnn1Cc1ccco1)N(Cc1cccnc1)Cc1cc2cc3c(cc2[nH]c1=O)OCCO3. The zero-order valence-electron chi connectivity index (χ0n) is 21.8. The summed E-state index contributed by atoms with van der Waals surface area (Å²) >= 11 is 0. The molecule has 0 saturated heterocycles. The van der Waals surface area contributed by atoms with Crippen molar-refractivity contribution in [2.45, 2.75) is 39.5 Å². The Bertz CT molecular complexity index is 1610. The molecule has 1 aliphatic rings. The Morgan fingerprint density at radius 2 is 1.92 bits per heavy atom. The number of pyridine rings is 2. The highest BCUT2D eigenvalue weighted by Gasteiger charge is 2.30. The summed E-state index contributed by atoms with van der Waals surface area (Å²) in [7, 11) is 0. The van der Waals surface area contributed by atoms with E-state index in [1.807, 2.05) is 48.7 Å². The van der Waals surface area contributed by atoms with Crippen LogP contribution >= 0.6 is 0 Å². The van der Waals surface area contributed by atoms with Crippen molar-refractivity contribution in [3.63, 3.8) is 0 Å². The molecule has 0 spiro atoms. The van der Waals surface area contributed by atoms with Gasteiger partial charge in [0, 0.05) is 42.5 Å². The van der Waals surface area contributed by atoms with Gasteiger partial charge in [-0.05, 0) is 52.2 Å². The smallest absolute Gasteiger partial charge is 0.252 e. The van der Waals surface area contributed by atoms with Gasteiger partial charge in [0.05, 0.1) is 17.8 Å². The largest absolute Gasteiger partial charge is 0.486 e. The molecule has 1 N–H and O–H groups in total. The second-order valence-electron chi connectivity index (χ2n) is 9.94. The van der Waals surface area contributed by atoms with E-state index < -0.39 is 0 Å². The highest BCUT2D eigenvalue weighted by Crippen LogP contribution is 2.34. The van der Waals surface area contributed by atoms with Gasteiger partial charge in [-0.15, -0.1) is 5.10 Å². The normalized spacial score (nSPS) is 13.8. The van der Waals surface area contributed by atoms with Gasteiger partial charge in [-0.2, -0.15) is 0 Å². The molecule has 1 aromatic carbocycles. The molecule has 39 heavy (non-hydrogen) atoms. The van der Waals surface area contributed by atoms with Crippen molar-refractivity contribution in [1.29, 1.82) is 0 Å². The average Bonchev–Trinajstić information content (AvgIpc) is 3.61. The maximum atomic E-state index is 13.3. The Kier molecular flexibility index (Phi) is 6.80. The summed E-state index contributed by atoms with van der Waals surface area (Å²) in [5, 5.41) is 13.5. The second-order valence-corrected chi connectivity index (χ2v) is 9.94. The van der Waals surface area contributed by atoms with Crippen molar-refractivity contribution < 1.29 is 13.9 Å². The van der Waals surface area contributed by atoms with Gasteiger partial charge >= 0.3 is 0 Å². The van der Waals surface area contributed by atoms with E-state index in [-0.39, 0.29) is 17.5 Å². The first-order chi connectivity index (χ1) is 19.0. The van der Waals surface area contributed by atoms with Gasteiger partial charge < -0.3 is 18.9 Å². The molecule has 200 valence electrons. The second kappa shape index (κ2) is 10.7. The van der Waals surface area contributed by atoms with Crippen molar-refractivity contribution in [2.75, 3.05) is 13.2 Å². The third-order valence-corrected chi connectivity index (χ3v) is 6.80. The fourth-order valence-electron chi connectivity index (χ4n) is 5.07. The lowest BCUT2D eigenvalue weighted by molar-refractivity contribution is 0.125. The Labute approximate surface area is 224 Å². The monoisotopic (exact) mass is 527 g/mol. The first kappa shape index (κ1) is 24.8. The number of ether oxygens (including phenoxy) is 2. The van der Waals surface area contributed by atoms with Crippen molar-refractivity contribution in [3.8, 4) is 11.5 Å². The summed E-state index contributed by atoms with van der Waals surface area (Å²) in [4.78, 5) is 22.9. The number of fused-ring (bicyclic) bond motifs is 2. The van der Waals surface area contributed by atoms with E-state index >= 15 is 0 Å². The average molecular weight is 528 g/mol. The van der Waals surface area contributed by atoms with E-state index in [0.717, 1.165) is 16.7 Å². The van der Waals surface area contributed by atoms with E-state index in [1.54, 1.807) is 17.1 Å². The van der Waals surface area contributed by atoms with Gasteiger partial charge in [-0.25, -0.2) is 4.68 Å². The van der Waals surface area contributed by atoms with Crippen LogP contribution in [0.4, 0.5) is 0 Å². The third-order valence-electron chi connectivity index (χ3n) is 6.80. The molecule has 0 unspecified atom stereocenters. The van der Waals surface area contributed by atoms with Crippen molar-refractivity contribution in [1.82, 2.24) is 35.1 Å². The number of aromatic nitrogens is 6. The number of nitrogens with zero attached hydrogens (tertiary/aromatic N) is 6. The molecular weight excluding hydrogens is 498 g/mol. The van der Waals surface area contributed by atoms with Gasteiger partial charge in [-0.3, -0.25) is 14.7 Å². The number of nitrogens with one attached hydrogen (secondary N) is 1. The molecule has 1 aliphatic heterocycles. The number of H-pyrrole nitrogens is 1. The van der Waals surface area contributed by atoms with Crippen LogP contribution in [0.1, 0.15) is 42.6 Å². The summed E-state index contributed by atoms with van der Waals surface area (Å²) in [5.74, 6) is 2.89. The summed E-state index contributed by atoms with van der Waals surface area (Å²) in [6, 6.07) is 13.1. The Morgan fingerprint density at radius 3 is 2.67 bits per heavy atom. The van der Waals surface area contributed by atoms with Crippen LogP contribution in [0.25, 0.3) is 10.9 Å². The molecule has 1 atom stereocenters. The van der Waals surface area contributed by atoms with Gasteiger partial charge in [0.1, 0.15) is 25.5 Å². The lowest BCUT2D eigenvalue weighted by atomic mass is 9.99. The zero-order chi connectivity index (χ0) is 26.8. The van der Waals surface area contributed by atoms with Crippen LogP contribution in [0.2, 0.25) is 0 Å². The molecule has 0 saturated carbocycles. The van der Waals surface area contributed by atoms with Crippen molar-refractivity contribution in [3.05, 3.63) is 94.2 Å². The first-order valence-electron chi connectivity index (χ1n) is 12.9. The highest BCUT2D eigenvalue weighted by atomic mass is 16.6. The summed E-state index contributed by atoms with van der Waals surface area (Å²) in [6.07, 6.45) is 5.22. The number of hydrogen-bond donors (Lipinski definition) is 1. The maximum absolute atomic E-state index is 13.3. The Balaban J connectivity index is 1.39. The predicted octanol–water partition coefficient (Wildman–Crippen LogP) is 3.72. The van der Waals surface area contributed by atoms with E-state index in [1.165, 1.54) is 0 Å². The standard InChI is InChI=1S/C28H29N7O4/c1-18(2)26(27-31-32-33-35(27)17-22-6-4-8-37-22)34(15-19-5-3-7-29-14-19)16-21-11-20-12-24-25(39-10-9-38-24)13-23(20)30-28(21)36/h3-8,11-14,18,26H,9-10,15-17H2,1-2H3,(H,30,36)/t26-/m0/s1. The molecule has 11 heteroatoms. The minimum Gasteiger partial charge on any atom is -0.486 e. The highest BCUT2D eigenvalue weighted by molar-refractivity contribution is 5.83. The number of furan rings is 1. The van der Waals surface area contributed by atoms with Crippen LogP contribution in [-0.2, 0) is 19.6 Å². The third kappa shape index (κ3) is 5.26. The van der Waals surface area contributed by atoms with Crippen LogP contribution in [0, 0.1) is 5.92 Å². The summed E-state index contributed by atoms with van der Waals surface area (Å²) in [5.41, 5.74) is 2.19. The van der Waals surface area contributed by atoms with Crippen molar-refractivity contribution >= 4 is 10.9 Å². The molecule has 6 rings (SSSR count). The minimum atomic E-state index is -0.203. The fraction of sp³-hybridized carbons (Fsp3) is 0.321. The number of benzene rings is 1. The maximum Gasteiger partial charge on any atom is 0.252 e. The van der Waals surface area contributed by atoms with Crippen LogP contribution in [0.5, 0.6) is 11.5 Å². The van der Waals surface area contributed by atoms with Gasteiger partial charge in [0.15, 0.2) is 17.3 Å². The van der Waals surface area contributed by atoms with E-state index in [9.17, 15) is 4.79 Å². The number of hydrogen-bond acceptors (Lipinski definition) is 9. The number of tetrazole rings is 1. The Morgan fingerprint density at radius 1 is 1.08 bits per heavy atom. The van der Waals surface area contributed by atoms with Crippen LogP contribution in [0.15, 0.2) is 70.3 Å². The molecule has 5 aromatic rings. The topological polar surface area (TPSA) is 124 Å². The molecule has 4 aromatic heterocycles. The fourth-order valence-corrected chi connectivity index (χ4v) is 5.07. The zero-order valence-corrected chi connectivity index (χ0v) is 21.8. The van der Waals surface area contributed by atoms with E-state index in [0.29, 0.717) is 61.3 Å². The molecule has 0 aliphatic carbocycles. The predicted molar refractivity (Wildman–Crippen MR) is 142 cm³/mol. The van der Waals surface area contributed by atoms with Gasteiger partial charge in [0.25, 0.3) is 5.56 Å². The van der Waals surface area contributed by atoms with Gasteiger partial charge in [0.2, 0.25) is 0 Å². The lowest BCUT2D eigenvalue weighted by Gasteiger charge is -2.33. The van der Waals surface area contributed by atoms with Gasteiger partial charge in [-0.1, -0.05) is 19.9 Å². The first-order valence-corrected chi connectivity index (χ1v) is 12.9. The van der Waals surface area contributed by atoms with Crippen LogP contribution in [0.3, 0.4) is 0 Å². The quantitative estimate of drug-likeness (QED) is 0.305. The van der Waals surface area contributed by atoms with Crippen LogP contribution in [-0.4, -0.2) is 48.3 Å². The van der Waals surface area contributed by atoms with E-state index in [2.05, 4.69) is 44.2 Å². The molecule has 0 fully saturated rings. The van der Waals surface area contributed by atoms with Crippen LogP contribution < -0.4 is 15.0 Å². The molecule has 5 heterocycles. The Hall–Kier alpha value is -4.51. The summed E-state index contributed by atoms with van der Waals surface area (Å²) < 4.78 is 18.8. The molecule has 0 amide bonds. The molecule has 11 nitrogen and oxygen atoms in total. The number of rotatable bonds is 9. The molecule has 0 radical (unpaired) electrons. The van der Waals surface area contributed by atoms with Crippen molar-refractivity contribution in [2.24, 2.45) is 5.92 Å². The molecular formula is C28H29N7O4. The summed E-state index contributed by atoms with van der Waals surface area (Å²) in [6.45, 7) is 6.55. The molecule has 0 bridgehead atoms.